The van der Waals surface area contributed by atoms with Gasteiger partial charge in [0.05, 0.1) is 0 Å². The predicted molar refractivity (Wildman–Crippen MR) is 61.4 cm³/mol. The summed E-state index contributed by atoms with van der Waals surface area (Å²) in [6.07, 6.45) is 0. The Morgan fingerprint density at radius 1 is 1.29 bits per heavy atom. The molecule has 0 aliphatic carbocycles. The Morgan fingerprint density at radius 3 is 2.21 bits per heavy atom. The molecule has 1 rings (SSSR count). The van der Waals surface area contributed by atoms with E-state index >= 15 is 0 Å². The minimum Gasteiger partial charge on any atom is -0.388 e. The average molecular weight is 209 g/mol. The van der Waals surface area contributed by atoms with Gasteiger partial charge < -0.3 is 16.4 Å². The fraction of sp³-hybridized carbons (Fsp3) is 0.111. The third kappa shape index (κ3) is 2.70. The number of rotatable bonds is 2. The molecule has 5 heteroatoms. The molecule has 4 N–H and O–H groups in total. The Kier molecular flexibility index (Phi) is 3.41. The van der Waals surface area contributed by atoms with Crippen molar-refractivity contribution in [3.8, 4) is 0 Å². The van der Waals surface area contributed by atoms with Gasteiger partial charge in [-0.3, -0.25) is 4.79 Å². The molecule has 0 aliphatic heterocycles. The van der Waals surface area contributed by atoms with E-state index in [0.717, 1.165) is 11.4 Å². The topological polar surface area (TPSA) is 67.2 Å². The Balaban J connectivity index is 2.69. The van der Waals surface area contributed by atoms with Crippen LogP contribution in [0.5, 0.6) is 0 Å². The van der Waals surface area contributed by atoms with Gasteiger partial charge in [-0.15, -0.1) is 0 Å². The van der Waals surface area contributed by atoms with Crippen molar-refractivity contribution in [1.82, 2.24) is 0 Å². The standard InChI is InChI=1S/C9H11N3OS/c1-11-6-2-4-7(5-3-6)12-9(14)8(10)13/h2-5,11H,1H3,(H2,10,13)(H,12,14). The highest BCUT2D eigenvalue weighted by molar-refractivity contribution is 7.82. The molecule has 0 saturated heterocycles. The van der Waals surface area contributed by atoms with Crippen LogP contribution in [-0.2, 0) is 4.79 Å². The highest BCUT2D eigenvalue weighted by atomic mass is 32.1. The maximum atomic E-state index is 10.6. The van der Waals surface area contributed by atoms with Crippen LogP contribution in [0.4, 0.5) is 11.4 Å². The molecule has 0 bridgehead atoms. The second-order valence-electron chi connectivity index (χ2n) is 2.65. The van der Waals surface area contributed by atoms with E-state index in [1.807, 2.05) is 19.2 Å². The third-order valence-electron chi connectivity index (χ3n) is 1.66. The molecular weight excluding hydrogens is 198 g/mol. The Bertz CT molecular complexity index is 348. The lowest BCUT2D eigenvalue weighted by atomic mass is 10.3. The van der Waals surface area contributed by atoms with Crippen molar-refractivity contribution in [2.75, 3.05) is 17.7 Å². The van der Waals surface area contributed by atoms with Crippen molar-refractivity contribution in [1.29, 1.82) is 0 Å². The first-order chi connectivity index (χ1) is 6.63. The van der Waals surface area contributed by atoms with Gasteiger partial charge in [-0.25, -0.2) is 0 Å². The van der Waals surface area contributed by atoms with E-state index in [1.54, 1.807) is 12.1 Å². The highest BCUT2D eigenvalue weighted by Gasteiger charge is 2.02. The number of primary amides is 1. The number of hydrogen-bond acceptors (Lipinski definition) is 3. The molecule has 1 aromatic carbocycles. The summed E-state index contributed by atoms with van der Waals surface area (Å²) in [5.41, 5.74) is 6.71. The van der Waals surface area contributed by atoms with Crippen LogP contribution in [0.3, 0.4) is 0 Å². The van der Waals surface area contributed by atoms with Crippen molar-refractivity contribution in [2.45, 2.75) is 0 Å². The summed E-state index contributed by atoms with van der Waals surface area (Å²) in [7, 11) is 1.83. The summed E-state index contributed by atoms with van der Waals surface area (Å²) >= 11 is 4.72. The smallest absolute Gasteiger partial charge is 0.276 e. The molecule has 0 spiro atoms. The third-order valence-corrected chi connectivity index (χ3v) is 1.96. The van der Waals surface area contributed by atoms with Gasteiger partial charge in [-0.05, 0) is 24.3 Å². The van der Waals surface area contributed by atoms with E-state index in [1.165, 1.54) is 0 Å². The number of nitrogens with one attached hydrogen (secondary N) is 2. The van der Waals surface area contributed by atoms with Gasteiger partial charge >= 0.3 is 0 Å². The summed E-state index contributed by atoms with van der Waals surface area (Å²) in [5, 5.41) is 5.70. The largest absolute Gasteiger partial charge is 0.388 e. The summed E-state index contributed by atoms with van der Waals surface area (Å²) in [5.74, 6) is -0.627. The quantitative estimate of drug-likeness (QED) is 0.634. The average Bonchev–Trinajstić information content (AvgIpc) is 2.19. The molecule has 0 aliphatic rings. The lowest BCUT2D eigenvalue weighted by Crippen LogP contribution is -2.27. The van der Waals surface area contributed by atoms with Crippen molar-refractivity contribution in [3.63, 3.8) is 0 Å². The van der Waals surface area contributed by atoms with E-state index in [-0.39, 0.29) is 4.99 Å². The number of carbonyl (C=O) groups is 1. The summed E-state index contributed by atoms with van der Waals surface area (Å²) in [6.45, 7) is 0. The second kappa shape index (κ2) is 4.57. The van der Waals surface area contributed by atoms with E-state index in [9.17, 15) is 4.79 Å². The SMILES string of the molecule is CNc1ccc(NC(=S)C(N)=O)cc1. The van der Waals surface area contributed by atoms with E-state index in [4.69, 9.17) is 18.0 Å². The van der Waals surface area contributed by atoms with E-state index in [0.29, 0.717) is 0 Å². The summed E-state index contributed by atoms with van der Waals surface area (Å²) in [4.78, 5) is 10.6. The number of benzene rings is 1. The van der Waals surface area contributed by atoms with Crippen molar-refractivity contribution in [2.24, 2.45) is 5.73 Å². The van der Waals surface area contributed by atoms with E-state index in [2.05, 4.69) is 10.6 Å². The monoisotopic (exact) mass is 209 g/mol. The van der Waals surface area contributed by atoms with Gasteiger partial charge in [-0.2, -0.15) is 0 Å². The Labute approximate surface area is 87.5 Å². The van der Waals surface area contributed by atoms with Crippen LogP contribution in [0.1, 0.15) is 0 Å². The molecule has 0 heterocycles. The molecule has 0 aromatic heterocycles. The van der Waals surface area contributed by atoms with Crippen molar-refractivity contribution < 1.29 is 4.79 Å². The summed E-state index contributed by atoms with van der Waals surface area (Å²) in [6, 6.07) is 7.35. The first-order valence-electron chi connectivity index (χ1n) is 4.02. The fourth-order valence-corrected chi connectivity index (χ4v) is 1.03. The van der Waals surface area contributed by atoms with Gasteiger partial charge in [0.15, 0.2) is 4.99 Å². The lowest BCUT2D eigenvalue weighted by Gasteiger charge is -2.05. The first-order valence-corrected chi connectivity index (χ1v) is 4.43. The number of thiocarbonyl (C=S) groups is 1. The zero-order chi connectivity index (χ0) is 10.6. The second-order valence-corrected chi connectivity index (χ2v) is 3.05. The molecule has 14 heavy (non-hydrogen) atoms. The molecule has 1 amide bonds. The van der Waals surface area contributed by atoms with Crippen molar-refractivity contribution >= 4 is 34.5 Å². The molecule has 0 radical (unpaired) electrons. The van der Waals surface area contributed by atoms with Gasteiger partial charge in [0.25, 0.3) is 5.91 Å². The van der Waals surface area contributed by atoms with Gasteiger partial charge in [0.1, 0.15) is 0 Å². The normalized spacial score (nSPS) is 9.21. The molecule has 0 atom stereocenters. The van der Waals surface area contributed by atoms with Crippen LogP contribution in [0.15, 0.2) is 24.3 Å². The van der Waals surface area contributed by atoms with Crippen LogP contribution >= 0.6 is 12.2 Å². The summed E-state index contributed by atoms with van der Waals surface area (Å²) < 4.78 is 0. The highest BCUT2D eigenvalue weighted by Crippen LogP contribution is 2.12. The molecule has 4 nitrogen and oxygen atoms in total. The molecule has 1 aromatic rings. The number of carbonyl (C=O) groups excluding carboxylic acids is 1. The molecular formula is C9H11N3OS. The zero-order valence-electron chi connectivity index (χ0n) is 7.70. The van der Waals surface area contributed by atoms with Crippen LogP contribution in [0, 0.1) is 0 Å². The first kappa shape index (κ1) is 10.5. The minimum atomic E-state index is -0.627. The Hall–Kier alpha value is -1.62. The van der Waals surface area contributed by atoms with Gasteiger partial charge in [0, 0.05) is 18.4 Å². The number of anilines is 2. The maximum absolute atomic E-state index is 10.6. The predicted octanol–water partition coefficient (Wildman–Crippen LogP) is 0.953. The molecule has 74 valence electrons. The number of nitrogens with two attached hydrogens (primary N) is 1. The lowest BCUT2D eigenvalue weighted by molar-refractivity contribution is -0.111. The molecule has 0 unspecified atom stereocenters. The molecule has 0 fully saturated rings. The number of amides is 1. The van der Waals surface area contributed by atoms with E-state index < -0.39 is 5.91 Å². The molecule has 0 saturated carbocycles. The Morgan fingerprint density at radius 2 is 1.79 bits per heavy atom. The van der Waals surface area contributed by atoms with Gasteiger partial charge in [0.2, 0.25) is 0 Å². The van der Waals surface area contributed by atoms with Crippen LogP contribution in [0.2, 0.25) is 0 Å². The van der Waals surface area contributed by atoms with Crippen LogP contribution in [-0.4, -0.2) is 17.9 Å². The van der Waals surface area contributed by atoms with Crippen LogP contribution in [0.25, 0.3) is 0 Å². The van der Waals surface area contributed by atoms with Crippen molar-refractivity contribution in [3.05, 3.63) is 24.3 Å². The zero-order valence-corrected chi connectivity index (χ0v) is 8.52. The van der Waals surface area contributed by atoms with Gasteiger partial charge in [-0.1, -0.05) is 12.2 Å². The fourth-order valence-electron chi connectivity index (χ4n) is 0.913. The number of hydrogen-bond donors (Lipinski definition) is 3. The minimum absolute atomic E-state index is 0.0159. The maximum Gasteiger partial charge on any atom is 0.276 e. The van der Waals surface area contributed by atoms with Crippen LogP contribution < -0.4 is 16.4 Å².